The SMILES string of the molecule is c1ccc(-n2nc(Sc3nccc(NC4CCNCC4)n3)nc2C2CC2)cc1. The second kappa shape index (κ2) is 7.89. The summed E-state index contributed by atoms with van der Waals surface area (Å²) in [5.41, 5.74) is 1.05. The molecule has 0 spiro atoms. The maximum absolute atomic E-state index is 4.80. The standard InChI is InChI=1S/C20H23N7S/c1-2-4-16(5-3-1)27-18(14-6-7-14)25-20(26-27)28-19-22-13-10-17(24-19)23-15-8-11-21-12-9-15/h1-5,10,13-15,21H,6-9,11-12H2,(H,22,23,24). The first-order valence-electron chi connectivity index (χ1n) is 9.86. The molecule has 3 aromatic rings. The maximum Gasteiger partial charge on any atom is 0.216 e. The summed E-state index contributed by atoms with van der Waals surface area (Å²) in [5.74, 6) is 2.42. The van der Waals surface area contributed by atoms with Crippen LogP contribution in [0.5, 0.6) is 0 Å². The van der Waals surface area contributed by atoms with Crippen molar-refractivity contribution < 1.29 is 0 Å². The summed E-state index contributed by atoms with van der Waals surface area (Å²) in [5, 5.41) is 13.0. The topological polar surface area (TPSA) is 80.5 Å². The van der Waals surface area contributed by atoms with Gasteiger partial charge < -0.3 is 10.6 Å². The molecule has 1 aliphatic carbocycles. The lowest BCUT2D eigenvalue weighted by molar-refractivity contribution is 0.478. The number of para-hydroxylation sites is 1. The largest absolute Gasteiger partial charge is 0.367 e. The summed E-state index contributed by atoms with van der Waals surface area (Å²) in [4.78, 5) is 13.9. The lowest BCUT2D eigenvalue weighted by Crippen LogP contribution is -2.35. The summed E-state index contributed by atoms with van der Waals surface area (Å²) in [7, 11) is 0. The molecule has 0 radical (unpaired) electrons. The second-order valence-electron chi connectivity index (χ2n) is 7.27. The fourth-order valence-electron chi connectivity index (χ4n) is 3.44. The van der Waals surface area contributed by atoms with E-state index in [2.05, 4.69) is 32.7 Å². The number of nitrogens with zero attached hydrogens (tertiary/aromatic N) is 5. The molecule has 2 N–H and O–H groups in total. The Morgan fingerprint density at radius 3 is 2.57 bits per heavy atom. The number of piperidine rings is 1. The predicted molar refractivity (Wildman–Crippen MR) is 109 cm³/mol. The van der Waals surface area contributed by atoms with E-state index in [1.807, 2.05) is 28.9 Å². The molecule has 144 valence electrons. The number of aromatic nitrogens is 5. The van der Waals surface area contributed by atoms with Crippen molar-refractivity contribution in [2.24, 2.45) is 0 Å². The first-order valence-corrected chi connectivity index (χ1v) is 10.7. The minimum atomic E-state index is 0.464. The number of benzene rings is 1. The number of nitrogens with one attached hydrogen (secondary N) is 2. The second-order valence-corrected chi connectivity index (χ2v) is 8.20. The third kappa shape index (κ3) is 4.02. The van der Waals surface area contributed by atoms with Gasteiger partial charge in [-0.05, 0) is 68.7 Å². The zero-order valence-electron chi connectivity index (χ0n) is 15.6. The van der Waals surface area contributed by atoms with Crippen molar-refractivity contribution in [1.82, 2.24) is 30.0 Å². The molecule has 5 rings (SSSR count). The van der Waals surface area contributed by atoms with Crippen LogP contribution in [0, 0.1) is 0 Å². The zero-order chi connectivity index (χ0) is 18.8. The summed E-state index contributed by atoms with van der Waals surface area (Å²) in [6.07, 6.45) is 6.39. The van der Waals surface area contributed by atoms with E-state index in [1.54, 1.807) is 6.20 Å². The molecule has 1 aliphatic heterocycles. The van der Waals surface area contributed by atoms with Crippen LogP contribution in [0.3, 0.4) is 0 Å². The first-order chi connectivity index (χ1) is 13.8. The molecular weight excluding hydrogens is 370 g/mol. The van der Waals surface area contributed by atoms with Gasteiger partial charge in [-0.25, -0.2) is 19.6 Å². The van der Waals surface area contributed by atoms with Gasteiger partial charge in [-0.15, -0.1) is 5.10 Å². The van der Waals surface area contributed by atoms with Crippen LogP contribution in [0.4, 0.5) is 5.82 Å². The van der Waals surface area contributed by atoms with Crippen molar-refractivity contribution in [2.45, 2.75) is 48.0 Å². The molecule has 28 heavy (non-hydrogen) atoms. The molecule has 8 heteroatoms. The molecule has 1 aromatic carbocycles. The van der Waals surface area contributed by atoms with Gasteiger partial charge in [0, 0.05) is 18.2 Å². The molecule has 0 unspecified atom stereocenters. The summed E-state index contributed by atoms with van der Waals surface area (Å²) in [6, 6.07) is 12.6. The molecule has 1 saturated heterocycles. The number of rotatable bonds is 6. The molecule has 2 fully saturated rings. The Hall–Kier alpha value is -2.45. The molecule has 0 atom stereocenters. The van der Waals surface area contributed by atoms with Crippen LogP contribution in [0.2, 0.25) is 0 Å². The van der Waals surface area contributed by atoms with Crippen molar-refractivity contribution >= 4 is 17.6 Å². The Kier molecular flexibility index (Phi) is 4.97. The van der Waals surface area contributed by atoms with E-state index in [4.69, 9.17) is 10.1 Å². The van der Waals surface area contributed by atoms with Crippen molar-refractivity contribution in [1.29, 1.82) is 0 Å². The van der Waals surface area contributed by atoms with E-state index in [0.717, 1.165) is 43.3 Å². The smallest absolute Gasteiger partial charge is 0.216 e. The highest BCUT2D eigenvalue weighted by Crippen LogP contribution is 2.40. The molecule has 2 aliphatic rings. The van der Waals surface area contributed by atoms with Crippen LogP contribution in [0.15, 0.2) is 52.9 Å². The van der Waals surface area contributed by atoms with Crippen LogP contribution in [0.1, 0.15) is 37.4 Å². The van der Waals surface area contributed by atoms with Crippen molar-refractivity contribution in [3.8, 4) is 5.69 Å². The monoisotopic (exact) mass is 393 g/mol. The lowest BCUT2D eigenvalue weighted by atomic mass is 10.1. The van der Waals surface area contributed by atoms with Crippen LogP contribution < -0.4 is 10.6 Å². The van der Waals surface area contributed by atoms with Gasteiger partial charge in [0.1, 0.15) is 11.6 Å². The summed E-state index contributed by atoms with van der Waals surface area (Å²) < 4.78 is 1.97. The average Bonchev–Trinajstić information content (AvgIpc) is 3.50. The number of hydrogen-bond donors (Lipinski definition) is 2. The van der Waals surface area contributed by atoms with E-state index in [0.29, 0.717) is 22.3 Å². The highest BCUT2D eigenvalue weighted by molar-refractivity contribution is 7.99. The Labute approximate surface area is 168 Å². The van der Waals surface area contributed by atoms with E-state index < -0.39 is 0 Å². The fourth-order valence-corrected chi connectivity index (χ4v) is 4.12. The van der Waals surface area contributed by atoms with E-state index in [1.165, 1.54) is 24.6 Å². The van der Waals surface area contributed by atoms with Crippen molar-refractivity contribution in [3.05, 3.63) is 48.4 Å². The van der Waals surface area contributed by atoms with Gasteiger partial charge in [-0.1, -0.05) is 18.2 Å². The molecule has 7 nitrogen and oxygen atoms in total. The molecule has 1 saturated carbocycles. The van der Waals surface area contributed by atoms with Gasteiger partial charge >= 0.3 is 0 Å². The average molecular weight is 394 g/mol. The van der Waals surface area contributed by atoms with Gasteiger partial charge in [0.15, 0.2) is 5.16 Å². The fraction of sp³-hybridized carbons (Fsp3) is 0.400. The third-order valence-corrected chi connectivity index (χ3v) is 5.80. The Bertz CT molecular complexity index is 933. The number of anilines is 1. The highest BCUT2D eigenvalue weighted by atomic mass is 32.2. The molecule has 2 aromatic heterocycles. The predicted octanol–water partition coefficient (Wildman–Crippen LogP) is 3.25. The third-order valence-electron chi connectivity index (χ3n) is 5.06. The van der Waals surface area contributed by atoms with Gasteiger partial charge in [0.05, 0.1) is 5.69 Å². The van der Waals surface area contributed by atoms with Gasteiger partial charge in [-0.2, -0.15) is 0 Å². The normalized spacial score (nSPS) is 17.6. The lowest BCUT2D eigenvalue weighted by Gasteiger charge is -2.24. The zero-order valence-corrected chi connectivity index (χ0v) is 16.4. The quantitative estimate of drug-likeness (QED) is 0.622. The van der Waals surface area contributed by atoms with Gasteiger partial charge in [0.25, 0.3) is 0 Å². The molecule has 3 heterocycles. The Morgan fingerprint density at radius 1 is 0.964 bits per heavy atom. The highest BCUT2D eigenvalue weighted by Gasteiger charge is 2.30. The van der Waals surface area contributed by atoms with Gasteiger partial charge in [-0.3, -0.25) is 0 Å². The van der Waals surface area contributed by atoms with Crippen LogP contribution >= 0.6 is 11.8 Å². The minimum absolute atomic E-state index is 0.464. The molecule has 0 bridgehead atoms. The minimum Gasteiger partial charge on any atom is -0.367 e. The van der Waals surface area contributed by atoms with E-state index in [-0.39, 0.29) is 0 Å². The van der Waals surface area contributed by atoms with Crippen molar-refractivity contribution in [3.63, 3.8) is 0 Å². The van der Waals surface area contributed by atoms with Crippen LogP contribution in [0.25, 0.3) is 5.69 Å². The maximum atomic E-state index is 4.80. The Morgan fingerprint density at radius 2 is 1.79 bits per heavy atom. The van der Waals surface area contributed by atoms with E-state index >= 15 is 0 Å². The van der Waals surface area contributed by atoms with Crippen LogP contribution in [-0.2, 0) is 0 Å². The number of hydrogen-bond acceptors (Lipinski definition) is 7. The van der Waals surface area contributed by atoms with Crippen LogP contribution in [-0.4, -0.2) is 43.9 Å². The molecule has 0 amide bonds. The Balaban J connectivity index is 1.35. The summed E-state index contributed by atoms with van der Waals surface area (Å²) in [6.45, 7) is 2.10. The van der Waals surface area contributed by atoms with Gasteiger partial charge in [0.2, 0.25) is 5.16 Å². The first kappa shape index (κ1) is 17.6. The molecular formula is C20H23N7S. The van der Waals surface area contributed by atoms with Crippen molar-refractivity contribution in [2.75, 3.05) is 18.4 Å². The van der Waals surface area contributed by atoms with E-state index in [9.17, 15) is 0 Å². The summed E-state index contributed by atoms with van der Waals surface area (Å²) >= 11 is 1.42.